The van der Waals surface area contributed by atoms with Gasteiger partial charge in [0, 0.05) is 36.6 Å². The maximum Gasteiger partial charge on any atom is 0.229 e. The summed E-state index contributed by atoms with van der Waals surface area (Å²) in [7, 11) is 2.01. The number of benzene rings is 1. The van der Waals surface area contributed by atoms with E-state index in [1.807, 2.05) is 32.2 Å². The third-order valence-corrected chi connectivity index (χ3v) is 4.81. The molecular formula is C20H27ClN6. The molecule has 0 amide bonds. The van der Waals surface area contributed by atoms with Crippen LogP contribution in [0.15, 0.2) is 24.3 Å². The number of nitrogens with one attached hydrogen (secondary N) is 2. The van der Waals surface area contributed by atoms with E-state index in [0.29, 0.717) is 17.6 Å². The van der Waals surface area contributed by atoms with Crippen LogP contribution in [0.1, 0.15) is 36.6 Å². The number of anilines is 3. The third-order valence-electron chi connectivity index (χ3n) is 4.81. The fourth-order valence-electron chi connectivity index (χ4n) is 3.24. The number of nitrogens with zero attached hydrogens (tertiary/aromatic N) is 4. The lowest BCUT2D eigenvalue weighted by Gasteiger charge is -2.19. The summed E-state index contributed by atoms with van der Waals surface area (Å²) in [6, 6.07) is 10.6. The molecule has 1 atom stereocenters. The van der Waals surface area contributed by atoms with Gasteiger partial charge in [-0.3, -0.25) is 0 Å². The topological polar surface area (TPSA) is 76.9 Å². The predicted molar refractivity (Wildman–Crippen MR) is 112 cm³/mol. The lowest BCUT2D eigenvalue weighted by atomic mass is 10.1. The lowest BCUT2D eigenvalue weighted by molar-refractivity contribution is 0.616. The van der Waals surface area contributed by atoms with Crippen molar-refractivity contribution in [2.45, 2.75) is 39.2 Å². The Morgan fingerprint density at radius 1 is 1.30 bits per heavy atom. The Hall–Kier alpha value is -2.36. The standard InChI is InChI=1S/C20H26N6.ClH/c1-4-5-16-11-19(26-9-8-18(13-26)22-3)25-20(23-16)24-17-7-6-14(2)15(10-17)12-21;/h6-7,10-11,18,22H,4-5,8-9,13H2,1-3H3,(H,23,24,25);1H/t18-;/m0./s1. The van der Waals surface area contributed by atoms with Crippen LogP contribution in [-0.4, -0.2) is 36.1 Å². The molecule has 0 radical (unpaired) electrons. The van der Waals surface area contributed by atoms with E-state index >= 15 is 0 Å². The first-order chi connectivity index (χ1) is 12.6. The molecule has 0 bridgehead atoms. The quantitative estimate of drug-likeness (QED) is 0.790. The Morgan fingerprint density at radius 3 is 2.78 bits per heavy atom. The summed E-state index contributed by atoms with van der Waals surface area (Å²) in [5, 5.41) is 15.9. The highest BCUT2D eigenvalue weighted by Crippen LogP contribution is 2.23. The van der Waals surface area contributed by atoms with Crippen LogP contribution < -0.4 is 15.5 Å². The summed E-state index contributed by atoms with van der Waals surface area (Å²) in [6.07, 6.45) is 3.08. The van der Waals surface area contributed by atoms with Crippen molar-refractivity contribution in [2.75, 3.05) is 30.4 Å². The van der Waals surface area contributed by atoms with Gasteiger partial charge < -0.3 is 15.5 Å². The molecule has 7 heteroatoms. The van der Waals surface area contributed by atoms with Gasteiger partial charge in [0.2, 0.25) is 5.95 Å². The minimum absolute atomic E-state index is 0. The van der Waals surface area contributed by atoms with Crippen LogP contribution in [0.25, 0.3) is 0 Å². The van der Waals surface area contributed by atoms with E-state index in [-0.39, 0.29) is 12.4 Å². The summed E-state index contributed by atoms with van der Waals surface area (Å²) < 4.78 is 0. The van der Waals surface area contributed by atoms with Gasteiger partial charge in [-0.1, -0.05) is 19.4 Å². The molecule has 1 saturated heterocycles. The van der Waals surface area contributed by atoms with Crippen LogP contribution in [0.4, 0.5) is 17.5 Å². The highest BCUT2D eigenvalue weighted by molar-refractivity contribution is 5.85. The predicted octanol–water partition coefficient (Wildman–Crippen LogP) is 3.57. The molecular weight excluding hydrogens is 360 g/mol. The maximum absolute atomic E-state index is 9.24. The molecule has 144 valence electrons. The summed E-state index contributed by atoms with van der Waals surface area (Å²) in [6.45, 7) is 6.05. The lowest BCUT2D eigenvalue weighted by Crippen LogP contribution is -2.30. The molecule has 2 N–H and O–H groups in total. The number of hydrogen-bond donors (Lipinski definition) is 2. The molecule has 2 aromatic rings. The highest BCUT2D eigenvalue weighted by atomic mass is 35.5. The fraction of sp³-hybridized carbons (Fsp3) is 0.450. The van der Waals surface area contributed by atoms with Crippen LogP contribution in [0, 0.1) is 18.3 Å². The van der Waals surface area contributed by atoms with Crippen molar-refractivity contribution in [3.05, 3.63) is 41.1 Å². The minimum Gasteiger partial charge on any atom is -0.355 e. The van der Waals surface area contributed by atoms with Gasteiger partial charge in [-0.2, -0.15) is 10.2 Å². The van der Waals surface area contributed by atoms with Crippen molar-refractivity contribution in [3.8, 4) is 6.07 Å². The summed E-state index contributed by atoms with van der Waals surface area (Å²) in [4.78, 5) is 11.7. The number of aryl methyl sites for hydroxylation is 2. The molecule has 6 nitrogen and oxygen atoms in total. The number of halogens is 1. The Morgan fingerprint density at radius 2 is 2.11 bits per heavy atom. The summed E-state index contributed by atoms with van der Waals surface area (Å²) in [5.41, 5.74) is 3.51. The number of aromatic nitrogens is 2. The van der Waals surface area contributed by atoms with E-state index in [2.05, 4.69) is 39.6 Å². The van der Waals surface area contributed by atoms with Crippen LogP contribution in [-0.2, 0) is 6.42 Å². The minimum atomic E-state index is 0. The van der Waals surface area contributed by atoms with Gasteiger partial charge in [0.05, 0.1) is 11.6 Å². The molecule has 27 heavy (non-hydrogen) atoms. The summed E-state index contributed by atoms with van der Waals surface area (Å²) in [5.74, 6) is 1.56. The Balaban J connectivity index is 0.00000261. The van der Waals surface area contributed by atoms with Gasteiger partial charge >= 0.3 is 0 Å². The van der Waals surface area contributed by atoms with Gasteiger partial charge in [0.15, 0.2) is 0 Å². The third kappa shape index (κ3) is 5.09. The summed E-state index contributed by atoms with van der Waals surface area (Å²) >= 11 is 0. The number of nitriles is 1. The SMILES string of the molecule is CCCc1cc(N2CC[C@H](NC)C2)nc(Nc2ccc(C)c(C#N)c2)n1.Cl. The Bertz CT molecular complexity index is 817. The average Bonchev–Trinajstić information content (AvgIpc) is 3.13. The van der Waals surface area contributed by atoms with E-state index in [0.717, 1.165) is 55.1 Å². The molecule has 1 aliphatic rings. The Labute approximate surface area is 167 Å². The van der Waals surface area contributed by atoms with Gasteiger partial charge in [-0.15, -0.1) is 12.4 Å². The number of hydrogen-bond acceptors (Lipinski definition) is 6. The van der Waals surface area contributed by atoms with Gasteiger partial charge in [0.1, 0.15) is 5.82 Å². The smallest absolute Gasteiger partial charge is 0.229 e. The van der Waals surface area contributed by atoms with Crippen molar-refractivity contribution in [2.24, 2.45) is 0 Å². The molecule has 1 aromatic heterocycles. The van der Waals surface area contributed by atoms with Crippen molar-refractivity contribution < 1.29 is 0 Å². The van der Waals surface area contributed by atoms with Crippen LogP contribution in [0.2, 0.25) is 0 Å². The largest absolute Gasteiger partial charge is 0.355 e. The molecule has 1 fully saturated rings. The normalized spacial score (nSPS) is 15.9. The highest BCUT2D eigenvalue weighted by Gasteiger charge is 2.23. The van der Waals surface area contributed by atoms with Crippen molar-refractivity contribution in [1.82, 2.24) is 15.3 Å². The average molecular weight is 387 g/mol. The first-order valence-corrected chi connectivity index (χ1v) is 9.21. The van der Waals surface area contributed by atoms with E-state index in [4.69, 9.17) is 4.98 Å². The first-order valence-electron chi connectivity index (χ1n) is 9.21. The molecule has 0 aliphatic carbocycles. The number of likely N-dealkylation sites (N-methyl/N-ethyl adjacent to an activating group) is 1. The molecule has 0 unspecified atom stereocenters. The molecule has 2 heterocycles. The van der Waals surface area contributed by atoms with E-state index in [1.165, 1.54) is 0 Å². The van der Waals surface area contributed by atoms with Crippen LogP contribution in [0.3, 0.4) is 0 Å². The second-order valence-corrected chi connectivity index (χ2v) is 6.78. The zero-order valence-corrected chi connectivity index (χ0v) is 16.9. The number of rotatable bonds is 6. The Kier molecular flexibility index (Phi) is 7.40. The monoisotopic (exact) mass is 386 g/mol. The van der Waals surface area contributed by atoms with E-state index < -0.39 is 0 Å². The molecule has 3 rings (SSSR count). The molecule has 1 aromatic carbocycles. The zero-order chi connectivity index (χ0) is 18.5. The molecule has 0 spiro atoms. The molecule has 1 aliphatic heterocycles. The van der Waals surface area contributed by atoms with Gasteiger partial charge in [0.25, 0.3) is 0 Å². The van der Waals surface area contributed by atoms with Crippen molar-refractivity contribution in [3.63, 3.8) is 0 Å². The zero-order valence-electron chi connectivity index (χ0n) is 16.1. The van der Waals surface area contributed by atoms with Crippen LogP contribution in [0.5, 0.6) is 0 Å². The maximum atomic E-state index is 9.24. The second kappa shape index (κ2) is 9.54. The van der Waals surface area contributed by atoms with Crippen LogP contribution >= 0.6 is 12.4 Å². The van der Waals surface area contributed by atoms with Gasteiger partial charge in [-0.25, -0.2) is 4.98 Å². The fourth-order valence-corrected chi connectivity index (χ4v) is 3.24. The first kappa shape index (κ1) is 20.9. The second-order valence-electron chi connectivity index (χ2n) is 6.78. The van der Waals surface area contributed by atoms with E-state index in [9.17, 15) is 5.26 Å². The molecule has 0 saturated carbocycles. The van der Waals surface area contributed by atoms with Crippen molar-refractivity contribution in [1.29, 1.82) is 5.26 Å². The van der Waals surface area contributed by atoms with Crippen molar-refractivity contribution >= 4 is 29.9 Å². The van der Waals surface area contributed by atoms with E-state index in [1.54, 1.807) is 0 Å². The van der Waals surface area contributed by atoms with Gasteiger partial charge in [-0.05, 0) is 44.5 Å².